The summed E-state index contributed by atoms with van der Waals surface area (Å²) in [6.45, 7) is 8.70. The number of rotatable bonds is 7. The normalized spacial score (nSPS) is 26.2. The van der Waals surface area contributed by atoms with E-state index in [1.165, 1.54) is 25.0 Å². The average molecular weight is 245 g/mol. The molecule has 0 aromatic carbocycles. The number of thioether (sulfide) groups is 1. The van der Waals surface area contributed by atoms with Crippen molar-refractivity contribution in [2.45, 2.75) is 33.1 Å². The fourth-order valence-corrected chi connectivity index (χ4v) is 2.92. The van der Waals surface area contributed by atoms with Crippen LogP contribution >= 0.6 is 11.8 Å². The van der Waals surface area contributed by atoms with Crippen molar-refractivity contribution in [3.8, 4) is 0 Å². The second kappa shape index (κ2) is 7.57. The fourth-order valence-electron chi connectivity index (χ4n) is 2.28. The summed E-state index contributed by atoms with van der Waals surface area (Å²) in [6.07, 6.45) is 6.05. The van der Waals surface area contributed by atoms with Crippen molar-refractivity contribution >= 4 is 11.8 Å². The molecule has 0 aromatic rings. The third-order valence-electron chi connectivity index (χ3n) is 3.29. The Hall–Kier alpha value is 0.270. The van der Waals surface area contributed by atoms with E-state index in [1.807, 2.05) is 11.8 Å². The highest BCUT2D eigenvalue weighted by Crippen LogP contribution is 2.32. The average Bonchev–Trinajstić information content (AvgIpc) is 2.27. The van der Waals surface area contributed by atoms with Gasteiger partial charge in [-0.1, -0.05) is 13.8 Å². The van der Waals surface area contributed by atoms with Crippen LogP contribution in [0.1, 0.15) is 33.1 Å². The Balaban J connectivity index is 2.36. The SMILES string of the molecule is CSCCC1(CNCC(C)C)CCCOC1. The molecule has 1 fully saturated rings. The van der Waals surface area contributed by atoms with Crippen LogP contribution in [0.15, 0.2) is 0 Å². The van der Waals surface area contributed by atoms with Crippen molar-refractivity contribution in [1.29, 1.82) is 0 Å². The first-order valence-electron chi connectivity index (χ1n) is 6.46. The van der Waals surface area contributed by atoms with E-state index < -0.39 is 0 Å². The maximum Gasteiger partial charge on any atom is 0.0534 e. The molecule has 2 nitrogen and oxygen atoms in total. The Morgan fingerprint density at radius 1 is 1.44 bits per heavy atom. The largest absolute Gasteiger partial charge is 0.381 e. The van der Waals surface area contributed by atoms with Crippen LogP contribution in [-0.2, 0) is 4.74 Å². The molecule has 1 N–H and O–H groups in total. The van der Waals surface area contributed by atoms with Crippen LogP contribution in [0.2, 0.25) is 0 Å². The van der Waals surface area contributed by atoms with Gasteiger partial charge in [0, 0.05) is 18.6 Å². The molecule has 1 saturated heterocycles. The topological polar surface area (TPSA) is 21.3 Å². The Kier molecular flexibility index (Phi) is 6.78. The van der Waals surface area contributed by atoms with Crippen molar-refractivity contribution < 1.29 is 4.74 Å². The zero-order valence-corrected chi connectivity index (χ0v) is 11.9. The van der Waals surface area contributed by atoms with Gasteiger partial charge in [0.25, 0.3) is 0 Å². The molecule has 0 radical (unpaired) electrons. The minimum atomic E-state index is 0.413. The maximum absolute atomic E-state index is 5.69. The molecule has 0 aromatic heterocycles. The highest BCUT2D eigenvalue weighted by molar-refractivity contribution is 7.98. The van der Waals surface area contributed by atoms with Gasteiger partial charge in [0.15, 0.2) is 0 Å². The van der Waals surface area contributed by atoms with Gasteiger partial charge >= 0.3 is 0 Å². The van der Waals surface area contributed by atoms with Gasteiger partial charge in [0.2, 0.25) is 0 Å². The minimum absolute atomic E-state index is 0.413. The van der Waals surface area contributed by atoms with Crippen molar-refractivity contribution in [2.24, 2.45) is 11.3 Å². The number of hydrogen-bond donors (Lipinski definition) is 1. The Morgan fingerprint density at radius 3 is 2.81 bits per heavy atom. The van der Waals surface area contributed by atoms with Gasteiger partial charge in [-0.15, -0.1) is 0 Å². The smallest absolute Gasteiger partial charge is 0.0534 e. The first-order chi connectivity index (χ1) is 7.68. The van der Waals surface area contributed by atoms with E-state index >= 15 is 0 Å². The predicted octanol–water partition coefficient (Wildman–Crippen LogP) is 2.78. The van der Waals surface area contributed by atoms with E-state index in [2.05, 4.69) is 25.4 Å². The lowest BCUT2D eigenvalue weighted by molar-refractivity contribution is -0.00896. The number of hydrogen-bond acceptors (Lipinski definition) is 3. The predicted molar refractivity (Wildman–Crippen MR) is 73.2 cm³/mol. The zero-order chi connectivity index (χ0) is 11.9. The van der Waals surface area contributed by atoms with Gasteiger partial charge in [-0.3, -0.25) is 0 Å². The number of ether oxygens (including phenoxy) is 1. The van der Waals surface area contributed by atoms with Crippen LogP contribution in [0.5, 0.6) is 0 Å². The molecule has 16 heavy (non-hydrogen) atoms. The molecule has 1 atom stereocenters. The summed E-state index contributed by atoms with van der Waals surface area (Å²) in [7, 11) is 0. The second-order valence-electron chi connectivity index (χ2n) is 5.42. The lowest BCUT2D eigenvalue weighted by Gasteiger charge is -2.37. The van der Waals surface area contributed by atoms with E-state index in [-0.39, 0.29) is 0 Å². The Bertz CT molecular complexity index is 179. The van der Waals surface area contributed by atoms with Crippen LogP contribution in [0, 0.1) is 11.3 Å². The van der Waals surface area contributed by atoms with Crippen molar-refractivity contribution in [2.75, 3.05) is 38.3 Å². The van der Waals surface area contributed by atoms with E-state index in [0.29, 0.717) is 5.41 Å². The van der Waals surface area contributed by atoms with Gasteiger partial charge in [0.05, 0.1) is 6.61 Å². The first-order valence-corrected chi connectivity index (χ1v) is 7.85. The molecular weight excluding hydrogens is 218 g/mol. The van der Waals surface area contributed by atoms with Gasteiger partial charge in [0.1, 0.15) is 0 Å². The van der Waals surface area contributed by atoms with Crippen molar-refractivity contribution in [1.82, 2.24) is 5.32 Å². The number of nitrogens with one attached hydrogen (secondary N) is 1. The molecule has 1 aliphatic heterocycles. The quantitative estimate of drug-likeness (QED) is 0.745. The van der Waals surface area contributed by atoms with Crippen LogP contribution in [0.4, 0.5) is 0 Å². The highest BCUT2D eigenvalue weighted by atomic mass is 32.2. The van der Waals surface area contributed by atoms with Crippen LogP contribution in [0.3, 0.4) is 0 Å². The molecule has 0 saturated carbocycles. The molecule has 1 rings (SSSR count). The lowest BCUT2D eigenvalue weighted by atomic mass is 9.80. The second-order valence-corrected chi connectivity index (χ2v) is 6.41. The standard InChI is InChI=1S/C13H27NOS/c1-12(2)9-14-10-13(6-8-16-3)5-4-7-15-11-13/h12,14H,4-11H2,1-3H3. The zero-order valence-electron chi connectivity index (χ0n) is 11.1. The minimum Gasteiger partial charge on any atom is -0.381 e. The summed E-state index contributed by atoms with van der Waals surface area (Å²) < 4.78 is 5.69. The van der Waals surface area contributed by atoms with Gasteiger partial charge < -0.3 is 10.1 Å². The molecule has 0 spiro atoms. The van der Waals surface area contributed by atoms with Crippen molar-refractivity contribution in [3.63, 3.8) is 0 Å². The third-order valence-corrected chi connectivity index (χ3v) is 3.91. The van der Waals surface area contributed by atoms with Gasteiger partial charge in [-0.25, -0.2) is 0 Å². The third kappa shape index (κ3) is 5.07. The molecule has 0 aliphatic carbocycles. The maximum atomic E-state index is 5.69. The summed E-state index contributed by atoms with van der Waals surface area (Å²) in [6, 6.07) is 0. The molecule has 1 heterocycles. The van der Waals surface area contributed by atoms with Gasteiger partial charge in [-0.05, 0) is 43.7 Å². The summed E-state index contributed by atoms with van der Waals surface area (Å²) >= 11 is 1.95. The molecule has 1 unspecified atom stereocenters. The van der Waals surface area contributed by atoms with Crippen LogP contribution in [-0.4, -0.2) is 38.3 Å². The highest BCUT2D eigenvalue weighted by Gasteiger charge is 2.31. The van der Waals surface area contributed by atoms with E-state index in [1.54, 1.807) is 0 Å². The molecule has 0 bridgehead atoms. The molecule has 3 heteroatoms. The molecule has 96 valence electrons. The van der Waals surface area contributed by atoms with E-state index in [0.717, 1.165) is 32.2 Å². The van der Waals surface area contributed by atoms with Crippen molar-refractivity contribution in [3.05, 3.63) is 0 Å². The molecule has 1 aliphatic rings. The van der Waals surface area contributed by atoms with E-state index in [9.17, 15) is 0 Å². The van der Waals surface area contributed by atoms with Crippen LogP contribution in [0.25, 0.3) is 0 Å². The van der Waals surface area contributed by atoms with Gasteiger partial charge in [-0.2, -0.15) is 11.8 Å². The lowest BCUT2D eigenvalue weighted by Crippen LogP contribution is -2.42. The molecular formula is C13H27NOS. The van der Waals surface area contributed by atoms with Crippen LogP contribution < -0.4 is 5.32 Å². The summed E-state index contributed by atoms with van der Waals surface area (Å²) in [5, 5.41) is 3.62. The van der Waals surface area contributed by atoms with E-state index in [4.69, 9.17) is 4.74 Å². The Labute approximate surface area is 105 Å². The summed E-state index contributed by atoms with van der Waals surface area (Å²) in [4.78, 5) is 0. The summed E-state index contributed by atoms with van der Waals surface area (Å²) in [5.74, 6) is 1.99. The fraction of sp³-hybridized carbons (Fsp3) is 1.00. The molecule has 0 amide bonds. The first kappa shape index (κ1) is 14.3. The Morgan fingerprint density at radius 2 is 2.25 bits per heavy atom. The summed E-state index contributed by atoms with van der Waals surface area (Å²) in [5.41, 5.74) is 0.413. The monoisotopic (exact) mass is 245 g/mol.